The van der Waals surface area contributed by atoms with Crippen LogP contribution in [0.1, 0.15) is 12.8 Å². The average Bonchev–Trinajstić information content (AvgIpc) is 2.41. The van der Waals surface area contributed by atoms with E-state index in [-0.39, 0.29) is 6.10 Å². The van der Waals surface area contributed by atoms with Gasteiger partial charge in [0, 0.05) is 0 Å². The molecule has 0 spiro atoms. The number of hydrogen-bond acceptors (Lipinski definition) is 5. The molecule has 0 amide bonds. The van der Waals surface area contributed by atoms with Gasteiger partial charge in [0.05, 0.1) is 11.0 Å². The van der Waals surface area contributed by atoms with Crippen molar-refractivity contribution in [3.05, 3.63) is 24.3 Å². The van der Waals surface area contributed by atoms with Gasteiger partial charge in [0.2, 0.25) is 0 Å². The van der Waals surface area contributed by atoms with Gasteiger partial charge in [-0.25, -0.2) is 9.97 Å². The lowest BCUT2D eigenvalue weighted by atomic mass is 10.1. The second-order valence-electron chi connectivity index (χ2n) is 4.47. The van der Waals surface area contributed by atoms with E-state index >= 15 is 0 Å². The summed E-state index contributed by atoms with van der Waals surface area (Å²) in [5, 5.41) is 3.30. The summed E-state index contributed by atoms with van der Waals surface area (Å²) >= 11 is 0. The van der Waals surface area contributed by atoms with Gasteiger partial charge < -0.3 is 15.8 Å². The van der Waals surface area contributed by atoms with Crippen LogP contribution in [0.25, 0.3) is 11.0 Å². The topological polar surface area (TPSA) is 73.1 Å². The van der Waals surface area contributed by atoms with Crippen LogP contribution in [-0.2, 0) is 0 Å². The Morgan fingerprint density at radius 1 is 1.11 bits per heavy atom. The first-order valence-electron chi connectivity index (χ1n) is 6.22. The van der Waals surface area contributed by atoms with Crippen LogP contribution in [0.5, 0.6) is 5.88 Å². The van der Waals surface area contributed by atoms with Gasteiger partial charge in [0.25, 0.3) is 5.88 Å². The predicted octanol–water partition coefficient (Wildman–Crippen LogP) is 1.34. The summed E-state index contributed by atoms with van der Waals surface area (Å²) in [5.74, 6) is 0.827. The first kappa shape index (κ1) is 11.2. The number of hydrogen-bond donors (Lipinski definition) is 2. The van der Waals surface area contributed by atoms with Gasteiger partial charge in [-0.05, 0) is 38.1 Å². The van der Waals surface area contributed by atoms with Crippen LogP contribution in [0.2, 0.25) is 0 Å². The zero-order valence-corrected chi connectivity index (χ0v) is 10.1. The standard InChI is InChI=1S/C13H16N4O/c14-12-13(18-9-5-7-15-8-6-9)17-11-4-2-1-3-10(11)16-12/h1-4,9,15H,5-8H2,(H2,14,16). The van der Waals surface area contributed by atoms with Crippen molar-refractivity contribution in [3.8, 4) is 5.88 Å². The summed E-state index contributed by atoms with van der Waals surface area (Å²) in [6, 6.07) is 7.66. The van der Waals surface area contributed by atoms with E-state index in [2.05, 4.69) is 15.3 Å². The molecule has 18 heavy (non-hydrogen) atoms. The number of benzene rings is 1. The molecule has 1 aliphatic heterocycles. The van der Waals surface area contributed by atoms with E-state index in [0.29, 0.717) is 11.7 Å². The average molecular weight is 244 g/mol. The fourth-order valence-corrected chi connectivity index (χ4v) is 2.16. The number of nitrogens with zero attached hydrogens (tertiary/aromatic N) is 2. The molecule has 2 heterocycles. The number of nitrogen functional groups attached to an aromatic ring is 1. The minimum absolute atomic E-state index is 0.184. The Labute approximate surface area is 105 Å². The van der Waals surface area contributed by atoms with E-state index in [4.69, 9.17) is 10.5 Å². The van der Waals surface area contributed by atoms with Gasteiger partial charge in [-0.2, -0.15) is 0 Å². The van der Waals surface area contributed by atoms with Crippen molar-refractivity contribution in [1.82, 2.24) is 15.3 Å². The number of aromatic nitrogens is 2. The second kappa shape index (κ2) is 4.78. The predicted molar refractivity (Wildman–Crippen MR) is 70.5 cm³/mol. The van der Waals surface area contributed by atoms with E-state index in [1.54, 1.807) is 0 Å². The van der Waals surface area contributed by atoms with E-state index in [1.807, 2.05) is 24.3 Å². The lowest BCUT2D eigenvalue weighted by Crippen LogP contribution is -2.34. The number of anilines is 1. The van der Waals surface area contributed by atoms with Crippen LogP contribution in [0.15, 0.2) is 24.3 Å². The zero-order chi connectivity index (χ0) is 12.4. The molecule has 0 saturated carbocycles. The minimum atomic E-state index is 0.184. The molecule has 2 aromatic rings. The smallest absolute Gasteiger partial charge is 0.258 e. The molecule has 0 aliphatic carbocycles. The Morgan fingerprint density at radius 2 is 1.78 bits per heavy atom. The van der Waals surface area contributed by atoms with Crippen molar-refractivity contribution >= 4 is 16.9 Å². The maximum absolute atomic E-state index is 5.89. The van der Waals surface area contributed by atoms with Gasteiger partial charge in [0.1, 0.15) is 6.10 Å². The minimum Gasteiger partial charge on any atom is -0.472 e. The Kier molecular flexibility index (Phi) is 2.98. The normalized spacial score (nSPS) is 16.9. The Bertz CT molecular complexity index is 552. The number of ether oxygens (including phenoxy) is 1. The zero-order valence-electron chi connectivity index (χ0n) is 10.1. The Morgan fingerprint density at radius 3 is 2.50 bits per heavy atom. The Hall–Kier alpha value is -1.88. The monoisotopic (exact) mass is 244 g/mol. The summed E-state index contributed by atoms with van der Waals surface area (Å²) in [5.41, 5.74) is 7.50. The number of rotatable bonds is 2. The molecular weight excluding hydrogens is 228 g/mol. The van der Waals surface area contributed by atoms with Crippen LogP contribution < -0.4 is 15.8 Å². The summed E-state index contributed by atoms with van der Waals surface area (Å²) in [6.07, 6.45) is 2.14. The molecule has 1 saturated heterocycles. The van der Waals surface area contributed by atoms with Gasteiger partial charge in [-0.15, -0.1) is 0 Å². The number of nitrogens with one attached hydrogen (secondary N) is 1. The lowest BCUT2D eigenvalue weighted by Gasteiger charge is -2.23. The number of nitrogens with two attached hydrogens (primary N) is 1. The number of fused-ring (bicyclic) bond motifs is 1. The highest BCUT2D eigenvalue weighted by Crippen LogP contribution is 2.23. The highest BCUT2D eigenvalue weighted by molar-refractivity contribution is 5.76. The van der Waals surface area contributed by atoms with Crippen molar-refractivity contribution in [2.45, 2.75) is 18.9 Å². The molecule has 1 aromatic heterocycles. The molecule has 0 unspecified atom stereocenters. The molecule has 1 aromatic carbocycles. The maximum Gasteiger partial charge on any atom is 0.258 e. The molecule has 0 atom stereocenters. The first-order chi connectivity index (χ1) is 8.83. The van der Waals surface area contributed by atoms with Crippen LogP contribution in [0.4, 0.5) is 5.82 Å². The molecule has 1 aliphatic rings. The van der Waals surface area contributed by atoms with Crippen LogP contribution in [0.3, 0.4) is 0 Å². The Balaban J connectivity index is 1.88. The molecule has 0 radical (unpaired) electrons. The van der Waals surface area contributed by atoms with Gasteiger partial charge >= 0.3 is 0 Å². The van der Waals surface area contributed by atoms with Crippen molar-refractivity contribution in [3.63, 3.8) is 0 Å². The number of piperidine rings is 1. The first-order valence-corrected chi connectivity index (χ1v) is 6.22. The summed E-state index contributed by atoms with van der Waals surface area (Å²) < 4.78 is 5.86. The van der Waals surface area contributed by atoms with Crippen LogP contribution in [-0.4, -0.2) is 29.2 Å². The fourth-order valence-electron chi connectivity index (χ4n) is 2.16. The van der Waals surface area contributed by atoms with Crippen molar-refractivity contribution in [2.24, 2.45) is 0 Å². The van der Waals surface area contributed by atoms with Gasteiger partial charge in [-0.3, -0.25) is 0 Å². The van der Waals surface area contributed by atoms with E-state index in [0.717, 1.165) is 37.0 Å². The van der Waals surface area contributed by atoms with Crippen LogP contribution in [0, 0.1) is 0 Å². The summed E-state index contributed by atoms with van der Waals surface area (Å²) in [6.45, 7) is 1.96. The van der Waals surface area contributed by atoms with Gasteiger partial charge in [-0.1, -0.05) is 12.1 Å². The van der Waals surface area contributed by atoms with E-state index < -0.39 is 0 Å². The summed E-state index contributed by atoms with van der Waals surface area (Å²) in [4.78, 5) is 8.75. The van der Waals surface area contributed by atoms with E-state index in [9.17, 15) is 0 Å². The molecule has 5 heteroatoms. The fraction of sp³-hybridized carbons (Fsp3) is 0.385. The highest BCUT2D eigenvalue weighted by atomic mass is 16.5. The third-order valence-corrected chi connectivity index (χ3v) is 3.13. The third kappa shape index (κ3) is 2.22. The largest absolute Gasteiger partial charge is 0.472 e. The summed E-state index contributed by atoms with van der Waals surface area (Å²) in [7, 11) is 0. The maximum atomic E-state index is 5.89. The van der Waals surface area contributed by atoms with E-state index in [1.165, 1.54) is 0 Å². The van der Waals surface area contributed by atoms with Gasteiger partial charge in [0.15, 0.2) is 5.82 Å². The lowest BCUT2D eigenvalue weighted by molar-refractivity contribution is 0.157. The third-order valence-electron chi connectivity index (χ3n) is 3.13. The van der Waals surface area contributed by atoms with Crippen molar-refractivity contribution < 1.29 is 4.74 Å². The quantitative estimate of drug-likeness (QED) is 0.834. The molecule has 94 valence electrons. The number of para-hydroxylation sites is 2. The molecule has 0 bridgehead atoms. The van der Waals surface area contributed by atoms with Crippen LogP contribution >= 0.6 is 0 Å². The SMILES string of the molecule is Nc1nc2ccccc2nc1OC1CCNCC1. The molecule has 5 nitrogen and oxygen atoms in total. The second-order valence-corrected chi connectivity index (χ2v) is 4.47. The van der Waals surface area contributed by atoms with Crippen molar-refractivity contribution in [2.75, 3.05) is 18.8 Å². The molecule has 1 fully saturated rings. The molecular formula is C13H16N4O. The van der Waals surface area contributed by atoms with Crippen molar-refractivity contribution in [1.29, 1.82) is 0 Å². The molecule has 3 rings (SSSR count). The molecule has 3 N–H and O–H groups in total. The highest BCUT2D eigenvalue weighted by Gasteiger charge is 2.17.